The zero-order chi connectivity index (χ0) is 25.5. The number of carbonyl (C=O) groups is 3. The van der Waals surface area contributed by atoms with Crippen LogP contribution in [0.2, 0.25) is 0 Å². The topological polar surface area (TPSA) is 108 Å². The van der Waals surface area contributed by atoms with Gasteiger partial charge in [-0.3, -0.25) is 0 Å². The SMILES string of the molecule is C#CC1(O)C(OC(=O)c2ccccc2)OC(COC(=O)c2ccccc2)C1OC(=O)c1ccccc1. The van der Waals surface area contributed by atoms with Crippen LogP contribution in [0, 0.1) is 12.3 Å². The van der Waals surface area contributed by atoms with Crippen LogP contribution >= 0.6 is 0 Å². The summed E-state index contributed by atoms with van der Waals surface area (Å²) in [4.78, 5) is 37.9. The molecular formula is C28H22O8. The first-order chi connectivity index (χ1) is 17.4. The van der Waals surface area contributed by atoms with Gasteiger partial charge >= 0.3 is 17.9 Å². The number of terminal acetylenes is 1. The quantitative estimate of drug-likeness (QED) is 0.309. The molecular weight excluding hydrogens is 464 g/mol. The molecule has 0 saturated carbocycles. The highest BCUT2D eigenvalue weighted by molar-refractivity contribution is 5.90. The largest absolute Gasteiger partial charge is 0.459 e. The first-order valence-electron chi connectivity index (χ1n) is 11.0. The Bertz CT molecular complexity index is 1250. The molecule has 8 heteroatoms. The summed E-state index contributed by atoms with van der Waals surface area (Å²) in [7, 11) is 0. The number of esters is 3. The summed E-state index contributed by atoms with van der Waals surface area (Å²) in [5, 5.41) is 11.3. The highest BCUT2D eigenvalue weighted by atomic mass is 16.7. The summed E-state index contributed by atoms with van der Waals surface area (Å²) < 4.78 is 21.9. The number of hydrogen-bond donors (Lipinski definition) is 1. The molecule has 0 spiro atoms. The minimum Gasteiger partial charge on any atom is -0.459 e. The number of carbonyl (C=O) groups excluding carboxylic acids is 3. The predicted octanol–water partition coefficient (Wildman–Crippen LogP) is 3.02. The number of aliphatic hydroxyl groups is 1. The second-order valence-corrected chi connectivity index (χ2v) is 7.90. The average Bonchev–Trinajstić information content (AvgIpc) is 3.19. The smallest absolute Gasteiger partial charge is 0.340 e. The Morgan fingerprint density at radius 3 is 1.69 bits per heavy atom. The number of ether oxygens (including phenoxy) is 4. The molecule has 4 atom stereocenters. The molecule has 3 aromatic carbocycles. The van der Waals surface area contributed by atoms with E-state index in [1.165, 1.54) is 24.3 Å². The Hall–Kier alpha value is -4.45. The van der Waals surface area contributed by atoms with E-state index in [4.69, 9.17) is 25.4 Å². The lowest BCUT2D eigenvalue weighted by atomic mass is 9.95. The van der Waals surface area contributed by atoms with Gasteiger partial charge in [0, 0.05) is 0 Å². The summed E-state index contributed by atoms with van der Waals surface area (Å²) >= 11 is 0. The van der Waals surface area contributed by atoms with E-state index in [2.05, 4.69) is 5.92 Å². The van der Waals surface area contributed by atoms with Crippen LogP contribution in [0.15, 0.2) is 91.0 Å². The monoisotopic (exact) mass is 486 g/mol. The van der Waals surface area contributed by atoms with Gasteiger partial charge in [-0.2, -0.15) is 0 Å². The van der Waals surface area contributed by atoms with Crippen molar-refractivity contribution in [3.05, 3.63) is 108 Å². The van der Waals surface area contributed by atoms with Crippen molar-refractivity contribution in [3.63, 3.8) is 0 Å². The van der Waals surface area contributed by atoms with E-state index in [9.17, 15) is 19.5 Å². The van der Waals surface area contributed by atoms with E-state index < -0.39 is 48.6 Å². The van der Waals surface area contributed by atoms with E-state index >= 15 is 0 Å². The van der Waals surface area contributed by atoms with Crippen molar-refractivity contribution < 1.29 is 38.4 Å². The third kappa shape index (κ3) is 5.28. The standard InChI is InChI=1S/C28H22O8/c1-2-28(32)23(35-25(30)20-14-8-4-9-15-20)22(18-33-24(29)19-12-6-3-7-13-19)34-27(28)36-26(31)21-16-10-5-11-17-21/h1,3-17,22-23,27,32H,18H2. The zero-order valence-electron chi connectivity index (χ0n) is 19.0. The molecule has 0 bridgehead atoms. The van der Waals surface area contributed by atoms with Crippen LogP contribution in [0.3, 0.4) is 0 Å². The van der Waals surface area contributed by atoms with Gasteiger partial charge in [0.25, 0.3) is 0 Å². The third-order valence-electron chi connectivity index (χ3n) is 5.52. The number of rotatable bonds is 7. The molecule has 3 aromatic rings. The second kappa shape index (κ2) is 10.9. The molecule has 1 saturated heterocycles. The second-order valence-electron chi connectivity index (χ2n) is 7.90. The maximum atomic E-state index is 12.8. The molecule has 1 heterocycles. The van der Waals surface area contributed by atoms with Crippen molar-refractivity contribution in [2.75, 3.05) is 6.61 Å². The Morgan fingerprint density at radius 1 is 0.778 bits per heavy atom. The van der Waals surface area contributed by atoms with E-state index in [1.54, 1.807) is 66.7 Å². The van der Waals surface area contributed by atoms with Gasteiger partial charge in [-0.15, -0.1) is 6.42 Å². The Morgan fingerprint density at radius 2 is 1.22 bits per heavy atom. The Labute approximate surface area is 207 Å². The Kier molecular flexibility index (Phi) is 7.44. The van der Waals surface area contributed by atoms with Crippen LogP contribution in [0.25, 0.3) is 0 Å². The maximum Gasteiger partial charge on any atom is 0.340 e. The number of benzene rings is 3. The molecule has 0 aliphatic carbocycles. The van der Waals surface area contributed by atoms with Crippen LogP contribution in [0.5, 0.6) is 0 Å². The van der Waals surface area contributed by atoms with Gasteiger partial charge in [-0.05, 0) is 36.4 Å². The normalized spacial score (nSPS) is 22.7. The van der Waals surface area contributed by atoms with E-state index in [1.807, 2.05) is 0 Å². The Balaban J connectivity index is 1.57. The van der Waals surface area contributed by atoms with Crippen LogP contribution in [-0.2, 0) is 18.9 Å². The fourth-order valence-corrected chi connectivity index (χ4v) is 3.62. The van der Waals surface area contributed by atoms with Crippen LogP contribution in [-0.4, -0.2) is 53.7 Å². The van der Waals surface area contributed by atoms with Crippen molar-refractivity contribution in [1.29, 1.82) is 0 Å². The van der Waals surface area contributed by atoms with Crippen molar-refractivity contribution in [2.24, 2.45) is 0 Å². The van der Waals surface area contributed by atoms with Gasteiger partial charge in [-0.25, -0.2) is 14.4 Å². The molecule has 1 fully saturated rings. The summed E-state index contributed by atoms with van der Waals surface area (Å²) in [5.41, 5.74) is -1.69. The van der Waals surface area contributed by atoms with Gasteiger partial charge in [0.1, 0.15) is 12.7 Å². The van der Waals surface area contributed by atoms with Crippen molar-refractivity contribution in [3.8, 4) is 12.3 Å². The van der Waals surface area contributed by atoms with E-state index in [0.717, 1.165) is 0 Å². The summed E-state index contributed by atoms with van der Waals surface area (Å²) in [6.07, 6.45) is 1.15. The van der Waals surface area contributed by atoms with Gasteiger partial charge < -0.3 is 24.1 Å². The van der Waals surface area contributed by atoms with Crippen molar-refractivity contribution in [1.82, 2.24) is 0 Å². The first kappa shape index (κ1) is 24.7. The predicted molar refractivity (Wildman–Crippen MR) is 127 cm³/mol. The molecule has 36 heavy (non-hydrogen) atoms. The molecule has 0 amide bonds. The van der Waals surface area contributed by atoms with E-state index in [0.29, 0.717) is 0 Å². The molecule has 4 unspecified atom stereocenters. The first-order valence-corrected chi connectivity index (χ1v) is 11.0. The van der Waals surface area contributed by atoms with Crippen LogP contribution in [0.1, 0.15) is 31.1 Å². The fraction of sp³-hybridized carbons (Fsp3) is 0.179. The van der Waals surface area contributed by atoms with Gasteiger partial charge in [0.05, 0.1) is 16.7 Å². The minimum atomic E-state index is -2.36. The lowest BCUT2D eigenvalue weighted by Gasteiger charge is -2.28. The van der Waals surface area contributed by atoms with E-state index in [-0.39, 0.29) is 16.7 Å². The highest BCUT2D eigenvalue weighted by Crippen LogP contribution is 2.35. The minimum absolute atomic E-state index is 0.192. The summed E-state index contributed by atoms with van der Waals surface area (Å²) in [6, 6.07) is 24.3. The average molecular weight is 486 g/mol. The van der Waals surface area contributed by atoms with Crippen molar-refractivity contribution >= 4 is 17.9 Å². The molecule has 0 radical (unpaired) electrons. The molecule has 1 N–H and O–H groups in total. The molecule has 182 valence electrons. The van der Waals surface area contributed by atoms with Crippen molar-refractivity contribution in [2.45, 2.75) is 24.1 Å². The van der Waals surface area contributed by atoms with Crippen LogP contribution < -0.4 is 0 Å². The molecule has 1 aliphatic heterocycles. The van der Waals surface area contributed by atoms with Gasteiger partial charge in [0.15, 0.2) is 6.10 Å². The zero-order valence-corrected chi connectivity index (χ0v) is 19.0. The molecule has 4 rings (SSSR count). The molecule has 1 aliphatic rings. The van der Waals surface area contributed by atoms with Crippen LogP contribution in [0.4, 0.5) is 0 Å². The fourth-order valence-electron chi connectivity index (χ4n) is 3.62. The molecule has 8 nitrogen and oxygen atoms in total. The lowest BCUT2D eigenvalue weighted by molar-refractivity contribution is -0.159. The molecule has 0 aromatic heterocycles. The highest BCUT2D eigenvalue weighted by Gasteiger charge is 2.60. The van der Waals surface area contributed by atoms with Gasteiger partial charge in [-0.1, -0.05) is 60.5 Å². The summed E-state index contributed by atoms with van der Waals surface area (Å²) in [6.45, 7) is -0.441. The number of hydrogen-bond acceptors (Lipinski definition) is 8. The lowest BCUT2D eigenvalue weighted by Crippen LogP contribution is -2.51. The summed E-state index contributed by atoms with van der Waals surface area (Å²) in [5.74, 6) is -0.141. The van der Waals surface area contributed by atoms with Gasteiger partial charge in [0.2, 0.25) is 11.9 Å². The third-order valence-corrected chi connectivity index (χ3v) is 5.52. The maximum absolute atomic E-state index is 12.8.